The second-order valence-corrected chi connectivity index (χ2v) is 5.15. The summed E-state index contributed by atoms with van der Waals surface area (Å²) in [5.41, 5.74) is 1.01. The molecule has 1 aliphatic heterocycles. The summed E-state index contributed by atoms with van der Waals surface area (Å²) in [6.45, 7) is 2.56. The van der Waals surface area contributed by atoms with E-state index in [0.29, 0.717) is 15.8 Å². The Hall–Kier alpha value is -1.07. The van der Waals surface area contributed by atoms with Gasteiger partial charge in [-0.15, -0.1) is 0 Å². The van der Waals surface area contributed by atoms with Gasteiger partial charge in [0.15, 0.2) is 0 Å². The van der Waals surface area contributed by atoms with Crippen LogP contribution in [-0.2, 0) is 11.8 Å². The summed E-state index contributed by atoms with van der Waals surface area (Å²) in [5.74, 6) is 0.0127. The van der Waals surface area contributed by atoms with Crippen molar-refractivity contribution in [3.8, 4) is 0 Å². The van der Waals surface area contributed by atoms with Gasteiger partial charge >= 0.3 is 0 Å². The molecular formula is C11H12N2OS2. The van der Waals surface area contributed by atoms with Gasteiger partial charge in [-0.25, -0.2) is 0 Å². The van der Waals surface area contributed by atoms with Crippen LogP contribution in [0.2, 0.25) is 0 Å². The summed E-state index contributed by atoms with van der Waals surface area (Å²) in [6, 6.07) is 3.92. The predicted molar refractivity (Wildman–Crippen MR) is 71.0 cm³/mol. The monoisotopic (exact) mass is 252 g/mol. The van der Waals surface area contributed by atoms with E-state index in [2.05, 4.69) is 0 Å². The fraction of sp³-hybridized carbons (Fsp3) is 0.273. The van der Waals surface area contributed by atoms with Crippen LogP contribution >= 0.6 is 24.0 Å². The highest BCUT2D eigenvalue weighted by Gasteiger charge is 2.30. The van der Waals surface area contributed by atoms with Crippen molar-refractivity contribution in [2.45, 2.75) is 6.92 Å². The Labute approximate surface area is 104 Å². The molecule has 0 unspecified atom stereocenters. The number of carbonyl (C=O) groups is 1. The summed E-state index contributed by atoms with van der Waals surface area (Å²) < 4.78 is 2.62. The number of rotatable bonds is 2. The van der Waals surface area contributed by atoms with Crippen LogP contribution < -0.4 is 0 Å². The number of thiocarbonyl (C=S) groups is 1. The van der Waals surface area contributed by atoms with Crippen molar-refractivity contribution in [2.24, 2.45) is 7.05 Å². The maximum atomic E-state index is 11.9. The zero-order chi connectivity index (χ0) is 11.7. The Kier molecular flexibility index (Phi) is 3.16. The van der Waals surface area contributed by atoms with Crippen LogP contribution in [0.1, 0.15) is 12.6 Å². The van der Waals surface area contributed by atoms with Crippen molar-refractivity contribution in [3.05, 3.63) is 28.9 Å². The minimum atomic E-state index is 0.0127. The SMILES string of the molecule is CCN1C(=O)/C(=C/c2cccn2C)SC1=S. The molecule has 1 aliphatic rings. The maximum Gasteiger partial charge on any atom is 0.266 e. The smallest absolute Gasteiger partial charge is 0.266 e. The van der Waals surface area contributed by atoms with E-state index in [1.807, 2.05) is 42.9 Å². The lowest BCUT2D eigenvalue weighted by molar-refractivity contribution is -0.121. The van der Waals surface area contributed by atoms with E-state index in [-0.39, 0.29) is 5.91 Å². The molecule has 1 aromatic heterocycles. The molecule has 0 atom stereocenters. The average molecular weight is 252 g/mol. The fourth-order valence-corrected chi connectivity index (χ4v) is 2.90. The minimum absolute atomic E-state index is 0.0127. The second-order valence-electron chi connectivity index (χ2n) is 3.47. The summed E-state index contributed by atoms with van der Waals surface area (Å²) in [7, 11) is 1.95. The maximum absolute atomic E-state index is 11.9. The number of hydrogen-bond acceptors (Lipinski definition) is 3. The quantitative estimate of drug-likeness (QED) is 0.596. The first-order chi connectivity index (χ1) is 7.63. The van der Waals surface area contributed by atoms with Gasteiger partial charge in [0.05, 0.1) is 4.91 Å². The molecule has 1 fully saturated rings. The van der Waals surface area contributed by atoms with Crippen molar-refractivity contribution in [1.29, 1.82) is 0 Å². The van der Waals surface area contributed by atoms with Crippen molar-refractivity contribution >= 4 is 40.3 Å². The van der Waals surface area contributed by atoms with Gasteiger partial charge in [-0.1, -0.05) is 24.0 Å². The largest absolute Gasteiger partial charge is 0.351 e. The van der Waals surface area contributed by atoms with Gasteiger partial charge in [0.25, 0.3) is 5.91 Å². The third-order valence-electron chi connectivity index (χ3n) is 2.45. The highest BCUT2D eigenvalue weighted by atomic mass is 32.2. The first-order valence-electron chi connectivity index (χ1n) is 5.00. The number of carbonyl (C=O) groups excluding carboxylic acids is 1. The van der Waals surface area contributed by atoms with Crippen molar-refractivity contribution < 1.29 is 4.79 Å². The van der Waals surface area contributed by atoms with Gasteiger partial charge in [-0.3, -0.25) is 9.69 Å². The number of hydrogen-bond donors (Lipinski definition) is 0. The van der Waals surface area contributed by atoms with Crippen LogP contribution in [0.25, 0.3) is 6.08 Å². The van der Waals surface area contributed by atoms with Gasteiger partial charge < -0.3 is 4.57 Å². The molecule has 2 rings (SSSR count). The van der Waals surface area contributed by atoms with E-state index in [9.17, 15) is 4.79 Å². The van der Waals surface area contributed by atoms with Gasteiger partial charge in [-0.2, -0.15) is 0 Å². The van der Waals surface area contributed by atoms with Crippen molar-refractivity contribution in [2.75, 3.05) is 6.54 Å². The first-order valence-corrected chi connectivity index (χ1v) is 6.22. The highest BCUT2D eigenvalue weighted by Crippen LogP contribution is 2.32. The zero-order valence-electron chi connectivity index (χ0n) is 9.14. The molecule has 5 heteroatoms. The molecule has 0 spiro atoms. The fourth-order valence-electron chi connectivity index (χ4n) is 1.53. The molecule has 1 aromatic rings. The number of amides is 1. The molecule has 16 heavy (non-hydrogen) atoms. The number of likely N-dealkylation sites (N-methyl/N-ethyl adjacent to an activating group) is 1. The summed E-state index contributed by atoms with van der Waals surface area (Å²) in [5, 5.41) is 0. The summed E-state index contributed by atoms with van der Waals surface area (Å²) in [4.78, 5) is 14.2. The molecule has 0 radical (unpaired) electrons. The second kappa shape index (κ2) is 4.43. The lowest BCUT2D eigenvalue weighted by Crippen LogP contribution is -2.27. The average Bonchev–Trinajstić information content (AvgIpc) is 2.74. The van der Waals surface area contributed by atoms with Gasteiger partial charge in [0.1, 0.15) is 4.32 Å². The van der Waals surface area contributed by atoms with Gasteiger partial charge in [-0.05, 0) is 25.1 Å². The van der Waals surface area contributed by atoms with E-state index >= 15 is 0 Å². The molecular weight excluding hydrogens is 240 g/mol. The predicted octanol–water partition coefficient (Wildman–Crippen LogP) is 2.25. The van der Waals surface area contributed by atoms with Crippen LogP contribution in [0, 0.1) is 0 Å². The van der Waals surface area contributed by atoms with Crippen LogP contribution in [0.5, 0.6) is 0 Å². The van der Waals surface area contributed by atoms with Gasteiger partial charge in [0.2, 0.25) is 0 Å². The number of nitrogens with zero attached hydrogens (tertiary/aromatic N) is 2. The number of thioether (sulfide) groups is 1. The molecule has 84 valence electrons. The van der Waals surface area contributed by atoms with E-state index in [1.54, 1.807) is 4.90 Å². The normalized spacial score (nSPS) is 18.9. The van der Waals surface area contributed by atoms with Crippen LogP contribution in [0.3, 0.4) is 0 Å². The molecule has 0 N–H and O–H groups in total. The molecule has 0 aromatic carbocycles. The van der Waals surface area contributed by atoms with Crippen LogP contribution in [0.15, 0.2) is 23.2 Å². The first kappa shape index (κ1) is 11.4. The Morgan fingerprint density at radius 1 is 1.56 bits per heavy atom. The van der Waals surface area contributed by atoms with Crippen LogP contribution in [-0.4, -0.2) is 26.2 Å². The molecule has 2 heterocycles. The Morgan fingerprint density at radius 3 is 2.81 bits per heavy atom. The number of aryl methyl sites for hydroxylation is 1. The summed E-state index contributed by atoms with van der Waals surface area (Å²) in [6.07, 6.45) is 3.83. The molecule has 3 nitrogen and oxygen atoms in total. The van der Waals surface area contributed by atoms with E-state index in [0.717, 1.165) is 5.69 Å². The van der Waals surface area contributed by atoms with Crippen LogP contribution in [0.4, 0.5) is 0 Å². The third-order valence-corrected chi connectivity index (χ3v) is 3.83. The molecule has 1 amide bonds. The standard InChI is InChI=1S/C11H12N2OS2/c1-3-13-10(14)9(16-11(13)15)7-8-5-4-6-12(8)2/h4-7H,3H2,1-2H3/b9-7-. The molecule has 1 saturated heterocycles. The Morgan fingerprint density at radius 2 is 2.31 bits per heavy atom. The topological polar surface area (TPSA) is 25.2 Å². The lowest BCUT2D eigenvalue weighted by atomic mass is 10.3. The Bertz CT molecular complexity index is 476. The third kappa shape index (κ3) is 1.92. The van der Waals surface area contributed by atoms with E-state index in [1.165, 1.54) is 11.8 Å². The minimum Gasteiger partial charge on any atom is -0.351 e. The Balaban J connectivity index is 2.31. The zero-order valence-corrected chi connectivity index (χ0v) is 10.8. The molecule has 0 bridgehead atoms. The van der Waals surface area contributed by atoms with E-state index < -0.39 is 0 Å². The van der Waals surface area contributed by atoms with Crippen molar-refractivity contribution in [1.82, 2.24) is 9.47 Å². The van der Waals surface area contributed by atoms with E-state index in [4.69, 9.17) is 12.2 Å². The molecule has 0 saturated carbocycles. The van der Waals surface area contributed by atoms with Gasteiger partial charge in [0, 0.05) is 25.5 Å². The highest BCUT2D eigenvalue weighted by molar-refractivity contribution is 8.26. The lowest BCUT2D eigenvalue weighted by Gasteiger charge is -2.09. The van der Waals surface area contributed by atoms with Crippen molar-refractivity contribution in [3.63, 3.8) is 0 Å². The number of aromatic nitrogens is 1. The molecule has 0 aliphatic carbocycles. The summed E-state index contributed by atoms with van der Waals surface area (Å²) >= 11 is 6.51.